The molecule has 0 amide bonds. The van der Waals surface area contributed by atoms with Gasteiger partial charge in [0.1, 0.15) is 6.10 Å². The lowest BCUT2D eigenvalue weighted by Crippen LogP contribution is -2.65. The number of rotatable bonds is 5. The standard InChI is InChI=1S/C31H48O6/c1-17(2)9-8-10-20(28(35)36)26-22-15-24(34)27-29(5)13-12-23(33)18(3)21(29)11-14-30(27,6)31(22,7)16-25(26)37-19(4)32/h9,18,21-25,27,33-34H,8,10-16H2,1-7H3,(H,35,36)/b26-20+/t18-,21-,22+,23-,24-,25+,27+,29+,30+,31+/m0/s1. The van der Waals surface area contributed by atoms with Gasteiger partial charge in [0.05, 0.1) is 12.2 Å². The van der Waals surface area contributed by atoms with Gasteiger partial charge in [0.2, 0.25) is 0 Å². The van der Waals surface area contributed by atoms with E-state index in [9.17, 15) is 24.9 Å². The fourth-order valence-electron chi connectivity index (χ4n) is 9.79. The second kappa shape index (κ2) is 9.82. The number of aliphatic hydroxyl groups excluding tert-OH is 2. The van der Waals surface area contributed by atoms with Gasteiger partial charge in [-0.15, -0.1) is 0 Å². The van der Waals surface area contributed by atoms with Gasteiger partial charge < -0.3 is 20.1 Å². The van der Waals surface area contributed by atoms with Crippen molar-refractivity contribution in [1.29, 1.82) is 0 Å². The predicted octanol–water partition coefficient (Wildman–Crippen LogP) is 5.67. The zero-order valence-electron chi connectivity index (χ0n) is 23.8. The molecule has 4 fully saturated rings. The van der Waals surface area contributed by atoms with Crippen LogP contribution in [0, 0.1) is 39.9 Å². The van der Waals surface area contributed by atoms with E-state index >= 15 is 0 Å². The zero-order chi connectivity index (χ0) is 27.5. The van der Waals surface area contributed by atoms with Gasteiger partial charge >= 0.3 is 11.9 Å². The van der Waals surface area contributed by atoms with Crippen molar-refractivity contribution in [1.82, 2.24) is 0 Å². The minimum absolute atomic E-state index is 0.0474. The fourth-order valence-corrected chi connectivity index (χ4v) is 9.79. The maximum Gasteiger partial charge on any atom is 0.331 e. The number of hydrogen-bond donors (Lipinski definition) is 3. The quantitative estimate of drug-likeness (QED) is 0.247. The van der Waals surface area contributed by atoms with Gasteiger partial charge in [-0.25, -0.2) is 4.79 Å². The number of carbonyl (C=O) groups is 2. The smallest absolute Gasteiger partial charge is 0.331 e. The maximum atomic E-state index is 12.6. The van der Waals surface area contributed by atoms with E-state index in [-0.39, 0.29) is 40.1 Å². The molecule has 3 N–H and O–H groups in total. The molecule has 0 radical (unpaired) electrons. The van der Waals surface area contributed by atoms with Crippen molar-refractivity contribution in [3.8, 4) is 0 Å². The van der Waals surface area contributed by atoms with Gasteiger partial charge in [0, 0.05) is 12.5 Å². The van der Waals surface area contributed by atoms with Crippen molar-refractivity contribution in [2.45, 2.75) is 118 Å². The molecule has 0 aromatic heterocycles. The van der Waals surface area contributed by atoms with E-state index in [4.69, 9.17) is 4.74 Å². The average molecular weight is 517 g/mol. The van der Waals surface area contributed by atoms with Crippen LogP contribution in [0.1, 0.15) is 99.8 Å². The number of allylic oxidation sites excluding steroid dienone is 2. The molecule has 0 saturated heterocycles. The molecule has 0 unspecified atom stereocenters. The lowest BCUT2D eigenvalue weighted by molar-refractivity contribution is -0.234. The highest BCUT2D eigenvalue weighted by Crippen LogP contribution is 2.74. The molecule has 4 aliphatic carbocycles. The summed E-state index contributed by atoms with van der Waals surface area (Å²) >= 11 is 0. The third-order valence-electron chi connectivity index (χ3n) is 11.6. The number of carboxylic acids is 1. The molecule has 0 bridgehead atoms. The molecular formula is C31H48O6. The van der Waals surface area contributed by atoms with E-state index in [1.165, 1.54) is 6.92 Å². The molecular weight excluding hydrogens is 468 g/mol. The Bertz CT molecular complexity index is 994. The maximum absolute atomic E-state index is 12.6. The van der Waals surface area contributed by atoms with E-state index < -0.39 is 24.1 Å². The summed E-state index contributed by atoms with van der Waals surface area (Å²) in [5.41, 5.74) is 1.57. The third kappa shape index (κ3) is 4.40. The lowest BCUT2D eigenvalue weighted by Gasteiger charge is -2.69. The summed E-state index contributed by atoms with van der Waals surface area (Å²) in [6.45, 7) is 14.5. The van der Waals surface area contributed by atoms with Gasteiger partial charge in [-0.3, -0.25) is 4.79 Å². The molecule has 0 aromatic carbocycles. The third-order valence-corrected chi connectivity index (χ3v) is 11.6. The predicted molar refractivity (Wildman–Crippen MR) is 143 cm³/mol. The second-order valence-corrected chi connectivity index (χ2v) is 13.6. The van der Waals surface area contributed by atoms with Crippen LogP contribution in [0.15, 0.2) is 22.8 Å². The largest absolute Gasteiger partial charge is 0.478 e. The Kier molecular flexibility index (Phi) is 7.53. The Balaban J connectivity index is 1.82. The summed E-state index contributed by atoms with van der Waals surface area (Å²) in [6, 6.07) is 0. The molecule has 0 heterocycles. The molecule has 208 valence electrons. The van der Waals surface area contributed by atoms with Crippen LogP contribution in [-0.4, -0.2) is 45.6 Å². The van der Waals surface area contributed by atoms with Gasteiger partial charge in [0.25, 0.3) is 0 Å². The van der Waals surface area contributed by atoms with Crippen molar-refractivity contribution < 1.29 is 29.6 Å². The Hall–Kier alpha value is -1.66. The number of carbonyl (C=O) groups excluding carboxylic acids is 1. The van der Waals surface area contributed by atoms with Crippen molar-refractivity contribution in [2.24, 2.45) is 39.9 Å². The molecule has 4 saturated carbocycles. The number of carboxylic acid groups (broad SMARTS) is 1. The second-order valence-electron chi connectivity index (χ2n) is 13.6. The monoisotopic (exact) mass is 516 g/mol. The van der Waals surface area contributed by atoms with Crippen LogP contribution in [-0.2, 0) is 14.3 Å². The van der Waals surface area contributed by atoms with E-state index in [0.717, 1.165) is 36.8 Å². The SMILES string of the molecule is CC(=O)O[C@@H]1C[C@]2(C)[C@H](C[C@H](O)[C@@H]3[C@]4(C)CC[C@H](O)[C@@H](C)[C@@H]4CC[C@]32C)/C1=C(/CCC=C(C)C)C(=O)O. The minimum atomic E-state index is -0.953. The molecule has 0 spiro atoms. The highest BCUT2D eigenvalue weighted by Gasteiger charge is 2.70. The fraction of sp³-hybridized carbons (Fsp3) is 0.806. The van der Waals surface area contributed by atoms with Crippen LogP contribution in [0.4, 0.5) is 0 Å². The molecule has 4 rings (SSSR count). The van der Waals surface area contributed by atoms with Crippen LogP contribution in [0.5, 0.6) is 0 Å². The summed E-state index contributed by atoms with van der Waals surface area (Å²) in [4.78, 5) is 24.8. The van der Waals surface area contributed by atoms with Crippen molar-refractivity contribution >= 4 is 11.9 Å². The van der Waals surface area contributed by atoms with E-state index in [1.807, 2.05) is 19.9 Å². The number of fused-ring (bicyclic) bond motifs is 5. The molecule has 4 aliphatic rings. The highest BCUT2D eigenvalue weighted by atomic mass is 16.5. The molecule has 37 heavy (non-hydrogen) atoms. The first-order chi connectivity index (χ1) is 17.2. The number of aliphatic carboxylic acids is 1. The first-order valence-electron chi connectivity index (χ1n) is 14.3. The van der Waals surface area contributed by atoms with E-state index in [1.54, 1.807) is 0 Å². The Morgan fingerprint density at radius 1 is 1.03 bits per heavy atom. The lowest BCUT2D eigenvalue weighted by atomic mass is 9.36. The highest BCUT2D eigenvalue weighted by molar-refractivity contribution is 5.88. The van der Waals surface area contributed by atoms with Crippen LogP contribution >= 0.6 is 0 Å². The van der Waals surface area contributed by atoms with Gasteiger partial charge in [0.15, 0.2) is 0 Å². The van der Waals surface area contributed by atoms with Crippen molar-refractivity contribution in [3.63, 3.8) is 0 Å². The summed E-state index contributed by atoms with van der Waals surface area (Å²) in [5, 5.41) is 32.9. The van der Waals surface area contributed by atoms with E-state index in [0.29, 0.717) is 37.2 Å². The molecule has 6 nitrogen and oxygen atoms in total. The number of hydrogen-bond acceptors (Lipinski definition) is 5. The number of esters is 1. The Morgan fingerprint density at radius 3 is 2.30 bits per heavy atom. The Labute approximate surface area is 222 Å². The van der Waals surface area contributed by atoms with Crippen molar-refractivity contribution in [2.75, 3.05) is 0 Å². The zero-order valence-corrected chi connectivity index (χ0v) is 23.8. The van der Waals surface area contributed by atoms with Crippen molar-refractivity contribution in [3.05, 3.63) is 22.8 Å². The van der Waals surface area contributed by atoms with Crippen LogP contribution in [0.25, 0.3) is 0 Å². The van der Waals surface area contributed by atoms with E-state index in [2.05, 4.69) is 27.7 Å². The Morgan fingerprint density at radius 2 is 1.70 bits per heavy atom. The summed E-state index contributed by atoms with van der Waals surface area (Å²) < 4.78 is 5.87. The summed E-state index contributed by atoms with van der Waals surface area (Å²) in [6.07, 6.45) is 6.22. The summed E-state index contributed by atoms with van der Waals surface area (Å²) in [5.74, 6) is -0.909. The van der Waals surface area contributed by atoms with Crippen LogP contribution in [0.3, 0.4) is 0 Å². The number of aliphatic hydroxyl groups is 2. The van der Waals surface area contributed by atoms with Gasteiger partial charge in [-0.05, 0) is 111 Å². The molecule has 0 aromatic rings. The van der Waals surface area contributed by atoms with Crippen LogP contribution < -0.4 is 0 Å². The normalized spacial score (nSPS) is 46.2. The minimum Gasteiger partial charge on any atom is -0.478 e. The molecule has 0 aliphatic heterocycles. The first kappa shape index (κ1) is 28.4. The molecule has 6 heteroatoms. The van der Waals surface area contributed by atoms with Gasteiger partial charge in [-0.2, -0.15) is 0 Å². The first-order valence-corrected chi connectivity index (χ1v) is 14.3. The van der Waals surface area contributed by atoms with Gasteiger partial charge in [-0.1, -0.05) is 39.3 Å². The topological polar surface area (TPSA) is 104 Å². The average Bonchev–Trinajstić information content (AvgIpc) is 3.05. The number of ether oxygens (including phenoxy) is 1. The summed E-state index contributed by atoms with van der Waals surface area (Å²) in [7, 11) is 0. The molecule has 10 atom stereocenters. The van der Waals surface area contributed by atoms with Crippen LogP contribution in [0.2, 0.25) is 0 Å².